The van der Waals surface area contributed by atoms with E-state index in [1.807, 2.05) is 25.1 Å². The predicted molar refractivity (Wildman–Crippen MR) is 91.7 cm³/mol. The fourth-order valence-corrected chi connectivity index (χ4v) is 3.01. The highest BCUT2D eigenvalue weighted by molar-refractivity contribution is 5.60. The number of β-amino-alcohol motifs (C(OH)–C–C–N with tert-alkyl or cyclic N) is 1. The van der Waals surface area contributed by atoms with Crippen LogP contribution in [-0.4, -0.2) is 59.6 Å². The number of piperidine rings is 1. The van der Waals surface area contributed by atoms with Crippen molar-refractivity contribution in [2.45, 2.75) is 32.1 Å². The largest absolute Gasteiger partial charge is 0.493 e. The molecule has 2 heterocycles. The zero-order chi connectivity index (χ0) is 18.0. The summed E-state index contributed by atoms with van der Waals surface area (Å²) in [7, 11) is 3.18. The van der Waals surface area contributed by atoms with Gasteiger partial charge in [-0.05, 0) is 31.5 Å². The van der Waals surface area contributed by atoms with E-state index in [1.54, 1.807) is 14.2 Å². The molecule has 1 aromatic carbocycles. The van der Waals surface area contributed by atoms with Crippen LogP contribution in [0.1, 0.15) is 17.9 Å². The highest BCUT2D eigenvalue weighted by Crippen LogP contribution is 2.32. The quantitative estimate of drug-likeness (QED) is 0.848. The Labute approximate surface area is 146 Å². The molecule has 1 saturated heterocycles. The van der Waals surface area contributed by atoms with Crippen molar-refractivity contribution in [1.29, 1.82) is 0 Å². The van der Waals surface area contributed by atoms with Crippen molar-refractivity contribution < 1.29 is 24.1 Å². The predicted octanol–water partition coefficient (Wildman–Crippen LogP) is 1.59. The van der Waals surface area contributed by atoms with E-state index in [0.717, 1.165) is 23.6 Å². The lowest BCUT2D eigenvalue weighted by Gasteiger charge is -2.32. The summed E-state index contributed by atoms with van der Waals surface area (Å²) in [5.74, 6) is 2.53. The monoisotopic (exact) mass is 348 g/mol. The van der Waals surface area contributed by atoms with Crippen LogP contribution in [0.4, 0.5) is 0 Å². The molecule has 0 unspecified atom stereocenters. The highest BCUT2D eigenvalue weighted by atomic mass is 16.5. The Bertz CT molecular complexity index is 730. The van der Waals surface area contributed by atoms with E-state index >= 15 is 0 Å². The van der Waals surface area contributed by atoms with Crippen molar-refractivity contribution in [3.63, 3.8) is 0 Å². The Hall–Kier alpha value is -2.09. The summed E-state index contributed by atoms with van der Waals surface area (Å²) in [4.78, 5) is 6.67. The molecule has 7 heteroatoms. The molecule has 1 fully saturated rings. The molecule has 2 aromatic rings. The number of hydrogen-bond donors (Lipinski definition) is 2. The van der Waals surface area contributed by atoms with Crippen LogP contribution >= 0.6 is 0 Å². The van der Waals surface area contributed by atoms with Crippen molar-refractivity contribution >= 4 is 0 Å². The SMILES string of the molecule is COc1ccc(-c2nc(CN3CC[C@@H](O)[C@H](O)C3)c(C)o2)cc1OC. The lowest BCUT2D eigenvalue weighted by molar-refractivity contribution is -0.0406. The Morgan fingerprint density at radius 1 is 1.20 bits per heavy atom. The van der Waals surface area contributed by atoms with Crippen LogP contribution in [0.15, 0.2) is 22.6 Å². The molecule has 0 amide bonds. The molecule has 1 aromatic heterocycles. The van der Waals surface area contributed by atoms with Gasteiger partial charge in [-0.3, -0.25) is 4.90 Å². The summed E-state index contributed by atoms with van der Waals surface area (Å²) in [6, 6.07) is 5.52. The number of likely N-dealkylation sites (tertiary alicyclic amines) is 1. The van der Waals surface area contributed by atoms with E-state index in [2.05, 4.69) is 9.88 Å². The minimum atomic E-state index is -0.716. The molecule has 136 valence electrons. The molecule has 0 aliphatic carbocycles. The molecule has 25 heavy (non-hydrogen) atoms. The zero-order valence-corrected chi connectivity index (χ0v) is 14.7. The number of aryl methyl sites for hydroxylation is 1. The zero-order valence-electron chi connectivity index (χ0n) is 14.7. The summed E-state index contributed by atoms with van der Waals surface area (Å²) in [5, 5.41) is 19.5. The minimum Gasteiger partial charge on any atom is -0.493 e. The van der Waals surface area contributed by atoms with Gasteiger partial charge in [0.1, 0.15) is 5.76 Å². The molecule has 1 aliphatic heterocycles. The molecule has 0 spiro atoms. The number of hydrogen-bond acceptors (Lipinski definition) is 7. The number of benzene rings is 1. The molecule has 2 atom stereocenters. The van der Waals surface area contributed by atoms with Crippen LogP contribution in [0, 0.1) is 6.92 Å². The summed E-state index contributed by atoms with van der Waals surface area (Å²) in [6.07, 6.45) is -0.802. The third-order valence-corrected chi connectivity index (χ3v) is 4.53. The third-order valence-electron chi connectivity index (χ3n) is 4.53. The average molecular weight is 348 g/mol. The lowest BCUT2D eigenvalue weighted by atomic mass is 10.1. The average Bonchev–Trinajstić information content (AvgIpc) is 2.98. The van der Waals surface area contributed by atoms with Gasteiger partial charge in [0, 0.05) is 25.2 Å². The van der Waals surface area contributed by atoms with Gasteiger partial charge in [0.15, 0.2) is 11.5 Å². The molecular weight excluding hydrogens is 324 g/mol. The number of oxazole rings is 1. The maximum absolute atomic E-state index is 9.82. The Balaban J connectivity index is 1.78. The van der Waals surface area contributed by atoms with Crippen molar-refractivity contribution in [3.05, 3.63) is 29.7 Å². The van der Waals surface area contributed by atoms with Crippen molar-refractivity contribution in [2.75, 3.05) is 27.3 Å². The minimum absolute atomic E-state index is 0.430. The van der Waals surface area contributed by atoms with Gasteiger partial charge in [-0.1, -0.05) is 0 Å². The van der Waals surface area contributed by atoms with Gasteiger partial charge in [-0.25, -0.2) is 4.98 Å². The lowest BCUT2D eigenvalue weighted by Crippen LogP contribution is -2.46. The van der Waals surface area contributed by atoms with E-state index in [9.17, 15) is 10.2 Å². The molecular formula is C18H24N2O5. The van der Waals surface area contributed by atoms with E-state index in [1.165, 1.54) is 0 Å². The van der Waals surface area contributed by atoms with Crippen LogP contribution < -0.4 is 9.47 Å². The fourth-order valence-electron chi connectivity index (χ4n) is 3.01. The highest BCUT2D eigenvalue weighted by Gasteiger charge is 2.27. The van der Waals surface area contributed by atoms with E-state index in [4.69, 9.17) is 13.9 Å². The number of aliphatic hydroxyl groups is 2. The first kappa shape index (κ1) is 17.7. The molecule has 0 saturated carbocycles. The van der Waals surface area contributed by atoms with Gasteiger partial charge in [-0.15, -0.1) is 0 Å². The molecule has 2 N–H and O–H groups in total. The number of ether oxygens (including phenoxy) is 2. The Morgan fingerprint density at radius 3 is 2.64 bits per heavy atom. The summed E-state index contributed by atoms with van der Waals surface area (Å²) in [6.45, 7) is 3.60. The first-order valence-corrected chi connectivity index (χ1v) is 8.29. The molecule has 7 nitrogen and oxygen atoms in total. The maximum Gasteiger partial charge on any atom is 0.226 e. The molecule has 0 bridgehead atoms. The second kappa shape index (κ2) is 7.43. The second-order valence-corrected chi connectivity index (χ2v) is 6.25. The smallest absolute Gasteiger partial charge is 0.226 e. The molecule has 0 radical (unpaired) electrons. The first-order chi connectivity index (χ1) is 12.0. The van der Waals surface area contributed by atoms with Crippen molar-refractivity contribution in [2.24, 2.45) is 0 Å². The number of aliphatic hydroxyl groups excluding tert-OH is 2. The maximum atomic E-state index is 9.82. The summed E-state index contributed by atoms with van der Waals surface area (Å²) >= 11 is 0. The van der Waals surface area contributed by atoms with Crippen LogP contribution in [0.25, 0.3) is 11.5 Å². The third kappa shape index (κ3) is 3.78. The van der Waals surface area contributed by atoms with Crippen molar-refractivity contribution in [1.82, 2.24) is 9.88 Å². The van der Waals surface area contributed by atoms with Crippen LogP contribution in [0.2, 0.25) is 0 Å². The van der Waals surface area contributed by atoms with Gasteiger partial charge in [0.25, 0.3) is 0 Å². The normalized spacial score (nSPS) is 21.3. The fraction of sp³-hybridized carbons (Fsp3) is 0.500. The van der Waals surface area contributed by atoms with Crippen LogP contribution in [0.5, 0.6) is 11.5 Å². The topological polar surface area (TPSA) is 88.2 Å². The molecule has 3 rings (SSSR count). The number of rotatable bonds is 5. The van der Waals surface area contributed by atoms with Gasteiger partial charge in [0.05, 0.1) is 32.1 Å². The number of nitrogens with zero attached hydrogens (tertiary/aromatic N) is 2. The summed E-state index contributed by atoms with van der Waals surface area (Å²) in [5.41, 5.74) is 1.63. The van der Waals surface area contributed by atoms with Crippen LogP contribution in [-0.2, 0) is 6.54 Å². The van der Waals surface area contributed by atoms with Gasteiger partial charge >= 0.3 is 0 Å². The number of methoxy groups -OCH3 is 2. The van der Waals surface area contributed by atoms with Crippen LogP contribution in [0.3, 0.4) is 0 Å². The van der Waals surface area contributed by atoms with Gasteiger partial charge in [-0.2, -0.15) is 0 Å². The Morgan fingerprint density at radius 2 is 1.96 bits per heavy atom. The van der Waals surface area contributed by atoms with E-state index in [-0.39, 0.29) is 0 Å². The van der Waals surface area contributed by atoms with Gasteiger partial charge in [0.2, 0.25) is 5.89 Å². The Kier molecular flexibility index (Phi) is 5.27. The van der Waals surface area contributed by atoms with Crippen molar-refractivity contribution in [3.8, 4) is 23.0 Å². The first-order valence-electron chi connectivity index (χ1n) is 8.29. The van der Waals surface area contributed by atoms with E-state index < -0.39 is 12.2 Å². The summed E-state index contributed by atoms with van der Waals surface area (Å²) < 4.78 is 16.4. The molecule has 1 aliphatic rings. The van der Waals surface area contributed by atoms with E-state index in [0.29, 0.717) is 36.9 Å². The number of aromatic nitrogens is 1. The van der Waals surface area contributed by atoms with Gasteiger partial charge < -0.3 is 24.1 Å². The standard InChI is InChI=1S/C18H24N2O5/c1-11-13(9-20-7-6-14(21)15(22)10-20)19-18(25-11)12-4-5-16(23-2)17(8-12)24-3/h4-5,8,14-15,21-22H,6-7,9-10H2,1-3H3/t14-,15-/m1/s1. The second-order valence-electron chi connectivity index (χ2n) is 6.25.